The number of amides is 1. The first-order valence-electron chi connectivity index (χ1n) is 10.3. The molecule has 1 atom stereocenters. The average Bonchev–Trinajstić information content (AvgIpc) is 3.10. The summed E-state index contributed by atoms with van der Waals surface area (Å²) < 4.78 is 35.2. The number of benzene rings is 2. The Labute approximate surface area is 178 Å². The van der Waals surface area contributed by atoms with Crippen LogP contribution < -0.4 is 9.47 Å². The number of sulfone groups is 1. The molecule has 6 nitrogen and oxygen atoms in total. The summed E-state index contributed by atoms with van der Waals surface area (Å²) in [4.78, 5) is 14.6. The van der Waals surface area contributed by atoms with E-state index in [0.29, 0.717) is 25.3 Å². The highest BCUT2D eigenvalue weighted by Gasteiger charge is 2.34. The first-order valence-corrected chi connectivity index (χ1v) is 12.1. The molecule has 2 aromatic rings. The molecule has 1 aliphatic heterocycles. The van der Waals surface area contributed by atoms with Gasteiger partial charge in [-0.15, -0.1) is 0 Å². The van der Waals surface area contributed by atoms with Crippen LogP contribution in [0.4, 0.5) is 0 Å². The van der Waals surface area contributed by atoms with E-state index < -0.39 is 9.84 Å². The number of aryl methyl sites for hydroxylation is 1. The first-order chi connectivity index (χ1) is 14.4. The third-order valence-corrected chi connectivity index (χ3v) is 6.85. The Bertz CT molecular complexity index is 939. The fraction of sp³-hybridized carbons (Fsp3) is 0.435. The molecule has 30 heavy (non-hydrogen) atoms. The van der Waals surface area contributed by atoms with Gasteiger partial charge >= 0.3 is 0 Å². The maximum absolute atomic E-state index is 13.0. The van der Waals surface area contributed by atoms with Gasteiger partial charge in [0.25, 0.3) is 5.91 Å². The molecule has 3 rings (SSSR count). The monoisotopic (exact) mass is 431 g/mol. The molecule has 0 bridgehead atoms. The van der Waals surface area contributed by atoms with Crippen LogP contribution in [0.15, 0.2) is 48.5 Å². The van der Waals surface area contributed by atoms with E-state index in [0.717, 1.165) is 23.3 Å². The minimum atomic E-state index is -3.11. The van der Waals surface area contributed by atoms with Crippen LogP contribution in [-0.4, -0.2) is 50.0 Å². The molecule has 1 saturated heterocycles. The molecular formula is C23H29NO5S. The van der Waals surface area contributed by atoms with Gasteiger partial charge in [0.05, 0.1) is 18.1 Å². The lowest BCUT2D eigenvalue weighted by atomic mass is 10.1. The van der Waals surface area contributed by atoms with Crippen molar-refractivity contribution in [2.45, 2.75) is 39.3 Å². The van der Waals surface area contributed by atoms with E-state index in [9.17, 15) is 13.2 Å². The zero-order valence-electron chi connectivity index (χ0n) is 17.5. The highest BCUT2D eigenvalue weighted by Crippen LogP contribution is 2.22. The predicted octanol–water partition coefficient (Wildman–Crippen LogP) is 3.38. The number of ether oxygens (including phenoxy) is 2. The smallest absolute Gasteiger partial charge is 0.261 e. The van der Waals surface area contributed by atoms with Crippen LogP contribution in [0.25, 0.3) is 0 Å². The Hall–Kier alpha value is -2.54. The first kappa shape index (κ1) is 22.2. The predicted molar refractivity (Wildman–Crippen MR) is 117 cm³/mol. The minimum absolute atomic E-state index is 0.000959. The molecule has 1 aliphatic rings. The van der Waals surface area contributed by atoms with Crippen LogP contribution in [-0.2, 0) is 21.2 Å². The second kappa shape index (κ2) is 9.98. The summed E-state index contributed by atoms with van der Waals surface area (Å²) in [6, 6.07) is 14.7. The number of hydrogen-bond donors (Lipinski definition) is 0. The topological polar surface area (TPSA) is 72.9 Å². The molecule has 1 heterocycles. The van der Waals surface area contributed by atoms with Crippen molar-refractivity contribution in [3.05, 3.63) is 59.7 Å². The number of nitrogens with zero attached hydrogens (tertiary/aromatic N) is 1. The Kier molecular flexibility index (Phi) is 7.37. The van der Waals surface area contributed by atoms with Gasteiger partial charge in [-0.05, 0) is 49.6 Å². The van der Waals surface area contributed by atoms with E-state index in [1.807, 2.05) is 62.4 Å². The van der Waals surface area contributed by atoms with Gasteiger partial charge in [-0.1, -0.05) is 36.8 Å². The van der Waals surface area contributed by atoms with Crippen molar-refractivity contribution in [2.75, 3.05) is 24.7 Å². The van der Waals surface area contributed by atoms with Crippen molar-refractivity contribution < 1.29 is 22.7 Å². The van der Waals surface area contributed by atoms with Crippen LogP contribution in [0.3, 0.4) is 0 Å². The van der Waals surface area contributed by atoms with Crippen LogP contribution in [0, 0.1) is 6.92 Å². The van der Waals surface area contributed by atoms with E-state index >= 15 is 0 Å². The largest absolute Gasteiger partial charge is 0.494 e. The molecule has 1 unspecified atom stereocenters. The van der Waals surface area contributed by atoms with Crippen molar-refractivity contribution in [1.82, 2.24) is 4.90 Å². The molecule has 0 spiro atoms. The quantitative estimate of drug-likeness (QED) is 0.609. The van der Waals surface area contributed by atoms with Crippen LogP contribution in [0.1, 0.15) is 30.9 Å². The van der Waals surface area contributed by atoms with Gasteiger partial charge < -0.3 is 14.4 Å². The molecule has 2 aromatic carbocycles. The fourth-order valence-corrected chi connectivity index (χ4v) is 5.14. The minimum Gasteiger partial charge on any atom is -0.494 e. The van der Waals surface area contributed by atoms with Crippen molar-refractivity contribution in [3.63, 3.8) is 0 Å². The lowest BCUT2D eigenvalue weighted by Crippen LogP contribution is -2.43. The van der Waals surface area contributed by atoms with E-state index in [1.165, 1.54) is 0 Å². The van der Waals surface area contributed by atoms with Crippen LogP contribution >= 0.6 is 0 Å². The summed E-state index contributed by atoms with van der Waals surface area (Å²) >= 11 is 0. The highest BCUT2D eigenvalue weighted by molar-refractivity contribution is 7.91. The SMILES string of the molecule is CCCOc1ccc(CN(C(=O)COc2ccc(C)cc2)C2CCS(=O)(=O)C2)cc1. The van der Waals surface area contributed by atoms with Gasteiger partial charge in [0, 0.05) is 12.6 Å². The molecular weight excluding hydrogens is 402 g/mol. The summed E-state index contributed by atoms with van der Waals surface area (Å²) in [6.45, 7) is 4.89. The number of rotatable bonds is 9. The summed E-state index contributed by atoms with van der Waals surface area (Å²) in [7, 11) is -3.11. The standard InChI is InChI=1S/C23H29NO5S/c1-3-13-28-21-10-6-19(7-11-21)15-24(20-12-14-30(26,27)17-20)23(25)16-29-22-8-4-18(2)5-9-22/h4-11,20H,3,12-17H2,1-2H3. The Morgan fingerprint density at radius 2 is 1.67 bits per heavy atom. The van der Waals surface area contributed by atoms with Crippen molar-refractivity contribution in [2.24, 2.45) is 0 Å². The molecule has 0 radical (unpaired) electrons. The summed E-state index contributed by atoms with van der Waals surface area (Å²) in [5, 5.41) is 0. The third-order valence-electron chi connectivity index (χ3n) is 5.10. The van der Waals surface area contributed by atoms with E-state index in [1.54, 1.807) is 4.90 Å². The van der Waals surface area contributed by atoms with Gasteiger partial charge in [0.2, 0.25) is 0 Å². The van der Waals surface area contributed by atoms with Gasteiger partial charge in [0.1, 0.15) is 11.5 Å². The van der Waals surface area contributed by atoms with Gasteiger partial charge in [0.15, 0.2) is 16.4 Å². The van der Waals surface area contributed by atoms with Crippen LogP contribution in [0.2, 0.25) is 0 Å². The van der Waals surface area contributed by atoms with Gasteiger partial charge in [-0.25, -0.2) is 8.42 Å². The molecule has 0 saturated carbocycles. The Morgan fingerprint density at radius 3 is 2.27 bits per heavy atom. The maximum Gasteiger partial charge on any atom is 0.261 e. The third kappa shape index (κ3) is 6.23. The molecule has 0 aromatic heterocycles. The highest BCUT2D eigenvalue weighted by atomic mass is 32.2. The molecule has 7 heteroatoms. The summed E-state index contributed by atoms with van der Waals surface area (Å²) in [5.74, 6) is 1.30. The molecule has 1 fully saturated rings. The van der Waals surface area contributed by atoms with Crippen molar-refractivity contribution in [1.29, 1.82) is 0 Å². The lowest BCUT2D eigenvalue weighted by Gasteiger charge is -2.28. The lowest BCUT2D eigenvalue weighted by molar-refractivity contribution is -0.136. The van der Waals surface area contributed by atoms with Gasteiger partial charge in [-0.3, -0.25) is 4.79 Å². The maximum atomic E-state index is 13.0. The summed E-state index contributed by atoms with van der Waals surface area (Å²) in [6.07, 6.45) is 1.39. The summed E-state index contributed by atoms with van der Waals surface area (Å²) in [5.41, 5.74) is 2.03. The second-order valence-electron chi connectivity index (χ2n) is 7.67. The van der Waals surface area contributed by atoms with E-state index in [4.69, 9.17) is 9.47 Å². The Balaban J connectivity index is 1.69. The molecule has 0 aliphatic carbocycles. The number of carbonyl (C=O) groups excluding carboxylic acids is 1. The zero-order chi connectivity index (χ0) is 21.6. The number of carbonyl (C=O) groups is 1. The van der Waals surface area contributed by atoms with Gasteiger partial charge in [-0.2, -0.15) is 0 Å². The second-order valence-corrected chi connectivity index (χ2v) is 9.90. The molecule has 0 N–H and O–H groups in total. The van der Waals surface area contributed by atoms with Crippen molar-refractivity contribution in [3.8, 4) is 11.5 Å². The fourth-order valence-electron chi connectivity index (χ4n) is 3.41. The number of hydrogen-bond acceptors (Lipinski definition) is 5. The normalized spacial score (nSPS) is 17.5. The van der Waals surface area contributed by atoms with E-state index in [-0.39, 0.29) is 30.1 Å². The average molecular weight is 432 g/mol. The molecule has 1 amide bonds. The van der Waals surface area contributed by atoms with E-state index in [2.05, 4.69) is 0 Å². The van der Waals surface area contributed by atoms with Crippen LogP contribution in [0.5, 0.6) is 11.5 Å². The Morgan fingerprint density at radius 1 is 1.03 bits per heavy atom. The van der Waals surface area contributed by atoms with Crippen molar-refractivity contribution >= 4 is 15.7 Å². The zero-order valence-corrected chi connectivity index (χ0v) is 18.4. The molecule has 162 valence electrons.